The normalized spacial score (nSPS) is 14.6. The number of ether oxygens (including phenoxy) is 2. The summed E-state index contributed by atoms with van der Waals surface area (Å²) >= 11 is 7.88. The van der Waals surface area contributed by atoms with E-state index in [1.54, 1.807) is 23.5 Å². The predicted octanol–water partition coefficient (Wildman–Crippen LogP) is 7.65. The zero-order valence-corrected chi connectivity index (χ0v) is 29.3. The van der Waals surface area contributed by atoms with E-state index in [0.29, 0.717) is 28.7 Å². The molecule has 0 saturated heterocycles. The first-order valence-electron chi connectivity index (χ1n) is 15.4. The molecule has 1 amide bonds. The number of aromatic nitrogens is 3. The van der Waals surface area contributed by atoms with Gasteiger partial charge in [0.1, 0.15) is 28.2 Å². The Morgan fingerprint density at radius 1 is 1.04 bits per heavy atom. The number of aliphatic imine (C=N–C) groups is 1. The molecule has 0 saturated carbocycles. The van der Waals surface area contributed by atoms with Crippen LogP contribution in [0, 0.1) is 20.8 Å². The van der Waals surface area contributed by atoms with Crippen LogP contribution in [0.1, 0.15) is 86.2 Å². The zero-order valence-electron chi connectivity index (χ0n) is 27.7. The minimum absolute atomic E-state index is 0.0246. The molecule has 0 bridgehead atoms. The predicted molar refractivity (Wildman–Crippen MR) is 185 cm³/mol. The van der Waals surface area contributed by atoms with E-state index in [-0.39, 0.29) is 25.4 Å². The van der Waals surface area contributed by atoms with E-state index in [1.165, 1.54) is 4.88 Å². The molecule has 5 rings (SSSR count). The van der Waals surface area contributed by atoms with Crippen molar-refractivity contribution in [2.75, 3.05) is 11.9 Å². The number of nitrogens with zero attached hydrogens (tertiary/aromatic N) is 4. The molecule has 0 unspecified atom stereocenters. The summed E-state index contributed by atoms with van der Waals surface area (Å²) in [5.41, 5.74) is 3.06. The van der Waals surface area contributed by atoms with Crippen molar-refractivity contribution in [2.24, 2.45) is 4.99 Å². The van der Waals surface area contributed by atoms with Gasteiger partial charge in [0.15, 0.2) is 5.82 Å². The molecule has 2 aromatic heterocycles. The molecule has 47 heavy (non-hydrogen) atoms. The van der Waals surface area contributed by atoms with Crippen LogP contribution in [0.25, 0.3) is 5.00 Å². The maximum Gasteiger partial charge on any atom is 0.303 e. The summed E-state index contributed by atoms with van der Waals surface area (Å²) in [6.07, 6.45) is 0.449. The number of aliphatic carboxylic acids is 1. The van der Waals surface area contributed by atoms with Crippen molar-refractivity contribution in [1.82, 2.24) is 14.8 Å². The van der Waals surface area contributed by atoms with E-state index >= 15 is 0 Å². The second-order valence-electron chi connectivity index (χ2n) is 13.0. The standard InChI is InChI=1S/C35H40ClN5O5S/c1-20-21(2)47-33-30(20)31(23-11-13-24(36)14-12-23)38-27(32-40-39-22(3)41(32)33)18-28(42)37-25-9-8-10-26(17-25)46-35(6,7)19-45-34(4,5)16-15-29(43)44/h8-14,17,27H,15-16,18-19H2,1-7H3,(H,37,42)(H,43,44)/t27-/m0/s1. The number of anilines is 1. The van der Waals surface area contributed by atoms with Crippen molar-refractivity contribution in [3.63, 3.8) is 0 Å². The van der Waals surface area contributed by atoms with Crippen LogP contribution in [0.4, 0.5) is 5.69 Å². The van der Waals surface area contributed by atoms with Crippen LogP contribution >= 0.6 is 22.9 Å². The maximum absolute atomic E-state index is 13.6. The number of carbonyl (C=O) groups excluding carboxylic acids is 1. The van der Waals surface area contributed by atoms with E-state index < -0.39 is 23.2 Å². The Morgan fingerprint density at radius 3 is 2.47 bits per heavy atom. The molecular weight excluding hydrogens is 638 g/mol. The summed E-state index contributed by atoms with van der Waals surface area (Å²) < 4.78 is 14.3. The molecule has 2 aromatic carbocycles. The lowest BCUT2D eigenvalue weighted by atomic mass is 9.99. The largest absolute Gasteiger partial charge is 0.485 e. The quantitative estimate of drug-likeness (QED) is 0.158. The number of fused-ring (bicyclic) bond motifs is 3. The van der Waals surface area contributed by atoms with Crippen molar-refractivity contribution in [2.45, 2.75) is 85.0 Å². The van der Waals surface area contributed by atoms with E-state index in [2.05, 4.69) is 29.4 Å². The molecule has 3 heterocycles. The van der Waals surface area contributed by atoms with Crippen molar-refractivity contribution in [1.29, 1.82) is 0 Å². The van der Waals surface area contributed by atoms with Gasteiger partial charge < -0.3 is 19.9 Å². The van der Waals surface area contributed by atoms with Crippen molar-refractivity contribution >= 4 is 46.2 Å². The lowest BCUT2D eigenvalue weighted by Crippen LogP contribution is -2.39. The highest BCUT2D eigenvalue weighted by molar-refractivity contribution is 7.15. The summed E-state index contributed by atoms with van der Waals surface area (Å²) in [5.74, 6) is 0.793. The number of rotatable bonds is 12. The van der Waals surface area contributed by atoms with Crippen molar-refractivity contribution in [3.8, 4) is 10.8 Å². The fourth-order valence-corrected chi connectivity index (χ4v) is 6.70. The molecule has 0 radical (unpaired) electrons. The Balaban J connectivity index is 1.35. The molecule has 2 N–H and O–H groups in total. The number of halogens is 1. The molecule has 4 aromatic rings. The minimum atomic E-state index is -0.859. The number of benzene rings is 2. The summed E-state index contributed by atoms with van der Waals surface area (Å²) in [6, 6.07) is 14.2. The highest BCUT2D eigenvalue weighted by Crippen LogP contribution is 2.39. The Morgan fingerprint density at radius 2 is 1.77 bits per heavy atom. The molecule has 12 heteroatoms. The molecule has 10 nitrogen and oxygen atoms in total. The van der Waals surface area contributed by atoms with Gasteiger partial charge in [-0.1, -0.05) is 29.8 Å². The molecular formula is C35H40ClN5O5S. The van der Waals surface area contributed by atoms with Gasteiger partial charge in [-0.15, -0.1) is 21.5 Å². The second-order valence-corrected chi connectivity index (χ2v) is 14.6. The van der Waals surface area contributed by atoms with Gasteiger partial charge in [0.05, 0.1) is 24.3 Å². The van der Waals surface area contributed by atoms with Gasteiger partial charge in [-0.25, -0.2) is 0 Å². The average molecular weight is 678 g/mol. The number of nitrogens with one attached hydrogen (secondary N) is 1. The third-order valence-electron chi connectivity index (χ3n) is 8.00. The van der Waals surface area contributed by atoms with Crippen LogP contribution < -0.4 is 10.1 Å². The molecule has 0 aliphatic carbocycles. The molecule has 248 valence electrons. The molecule has 1 atom stereocenters. The number of aryl methyl sites for hydroxylation is 2. The topological polar surface area (TPSA) is 128 Å². The van der Waals surface area contributed by atoms with E-state index in [1.807, 2.05) is 75.6 Å². The highest BCUT2D eigenvalue weighted by Gasteiger charge is 2.33. The second kappa shape index (κ2) is 13.6. The van der Waals surface area contributed by atoms with Gasteiger partial charge in [0, 0.05) is 39.2 Å². The van der Waals surface area contributed by atoms with Crippen LogP contribution in [0.15, 0.2) is 53.5 Å². The number of carboxylic acids is 1. The Bertz CT molecular complexity index is 1830. The summed E-state index contributed by atoms with van der Waals surface area (Å²) in [6.45, 7) is 13.9. The maximum atomic E-state index is 13.6. The monoisotopic (exact) mass is 677 g/mol. The van der Waals surface area contributed by atoms with Crippen molar-refractivity contribution < 1.29 is 24.2 Å². The van der Waals surface area contributed by atoms with Crippen LogP contribution in [0.3, 0.4) is 0 Å². The van der Waals surface area contributed by atoms with Gasteiger partial charge in [-0.05, 0) is 84.7 Å². The minimum Gasteiger partial charge on any atom is -0.485 e. The zero-order chi connectivity index (χ0) is 34.1. The van der Waals surface area contributed by atoms with Crippen LogP contribution in [-0.2, 0) is 14.3 Å². The first-order valence-corrected chi connectivity index (χ1v) is 16.6. The van der Waals surface area contributed by atoms with Gasteiger partial charge in [-0.2, -0.15) is 0 Å². The van der Waals surface area contributed by atoms with Crippen LogP contribution in [-0.4, -0.2) is 55.3 Å². The summed E-state index contributed by atoms with van der Waals surface area (Å²) in [7, 11) is 0. The number of hydrogen-bond donors (Lipinski definition) is 2. The Kier molecular flexibility index (Phi) is 9.91. The Hall–Kier alpha value is -4.06. The Labute approximate surface area is 283 Å². The van der Waals surface area contributed by atoms with E-state index in [9.17, 15) is 9.59 Å². The molecule has 1 aliphatic heterocycles. The summed E-state index contributed by atoms with van der Waals surface area (Å²) in [5, 5.41) is 22.5. The summed E-state index contributed by atoms with van der Waals surface area (Å²) in [4.78, 5) is 30.9. The fraction of sp³-hybridized carbons (Fsp3) is 0.400. The van der Waals surface area contributed by atoms with E-state index in [0.717, 1.165) is 33.2 Å². The third-order valence-corrected chi connectivity index (χ3v) is 9.44. The van der Waals surface area contributed by atoms with Crippen LogP contribution in [0.2, 0.25) is 5.02 Å². The average Bonchev–Trinajstić information content (AvgIpc) is 3.47. The SMILES string of the molecule is Cc1sc2c(c1C)C(c1ccc(Cl)cc1)=N[C@@H](CC(=O)Nc1cccc(OC(C)(C)COC(C)(C)CCC(=O)O)c1)c1nnc(C)n1-2. The number of carboxylic acid groups (broad SMARTS) is 1. The molecule has 1 aliphatic rings. The smallest absolute Gasteiger partial charge is 0.303 e. The van der Waals surface area contributed by atoms with E-state index in [4.69, 9.17) is 31.2 Å². The van der Waals surface area contributed by atoms with Gasteiger partial charge >= 0.3 is 5.97 Å². The van der Waals surface area contributed by atoms with Gasteiger partial charge in [0.2, 0.25) is 5.91 Å². The number of carbonyl (C=O) groups is 2. The van der Waals surface area contributed by atoms with Crippen molar-refractivity contribution in [3.05, 3.63) is 86.8 Å². The first kappa shape index (κ1) is 34.3. The highest BCUT2D eigenvalue weighted by atomic mass is 35.5. The number of hydrogen-bond acceptors (Lipinski definition) is 8. The fourth-order valence-electron chi connectivity index (χ4n) is 5.36. The van der Waals surface area contributed by atoms with Crippen LogP contribution in [0.5, 0.6) is 5.75 Å². The van der Waals surface area contributed by atoms with Gasteiger partial charge in [0.25, 0.3) is 0 Å². The lowest BCUT2D eigenvalue weighted by Gasteiger charge is -2.32. The molecule has 0 spiro atoms. The third kappa shape index (κ3) is 8.09. The number of thiophene rings is 1. The lowest BCUT2D eigenvalue weighted by molar-refractivity contribution is -0.139. The first-order chi connectivity index (χ1) is 22.1. The number of amides is 1. The van der Waals surface area contributed by atoms with Gasteiger partial charge in [-0.3, -0.25) is 19.1 Å². The molecule has 0 fully saturated rings.